The molecule has 0 spiro atoms. The number of carbonyl (C=O) groups excluding carboxylic acids is 2. The molecule has 4 N–H and O–H groups in total. The highest BCUT2D eigenvalue weighted by Gasteiger charge is 2.12. The number of nitrogen functional groups attached to an aromatic ring is 1. The lowest BCUT2D eigenvalue weighted by Gasteiger charge is -2.08. The number of halogens is 1. The van der Waals surface area contributed by atoms with Gasteiger partial charge < -0.3 is 16.2 Å². The molecule has 0 atom stereocenters. The minimum Gasteiger partial charge on any atom is -0.457 e. The molecular weight excluding hydrogens is 336 g/mol. The van der Waals surface area contributed by atoms with Crippen LogP contribution in [0.15, 0.2) is 46.9 Å². The van der Waals surface area contributed by atoms with Crippen LogP contribution in [-0.4, -0.2) is 11.9 Å². The van der Waals surface area contributed by atoms with Crippen molar-refractivity contribution in [2.24, 2.45) is 5.73 Å². The van der Waals surface area contributed by atoms with Crippen molar-refractivity contribution >= 4 is 33.5 Å². The molecule has 0 bridgehead atoms. The second-order valence-corrected chi connectivity index (χ2v) is 5.29. The van der Waals surface area contributed by atoms with Gasteiger partial charge in [-0.2, -0.15) is 0 Å². The van der Waals surface area contributed by atoms with E-state index in [1.54, 1.807) is 36.4 Å². The molecule has 0 radical (unpaired) electrons. The topological polar surface area (TPSA) is 95.4 Å². The third-order valence-electron chi connectivity index (χ3n) is 2.80. The summed E-state index contributed by atoms with van der Waals surface area (Å²) in [5, 5.41) is 0. The molecule has 0 aliphatic carbocycles. The van der Waals surface area contributed by atoms with Gasteiger partial charge in [-0.15, -0.1) is 0 Å². The Morgan fingerprint density at radius 2 is 1.86 bits per heavy atom. The standard InChI is InChI=1S/C15H13BrN2O3/c16-11-5-10(6-12(17)7-11)15(20)21-8-9-3-1-2-4-13(9)14(18)19/h1-7H,8,17H2,(H2,18,19). The first-order valence-corrected chi connectivity index (χ1v) is 6.87. The zero-order valence-electron chi connectivity index (χ0n) is 11.0. The Hall–Kier alpha value is -2.34. The van der Waals surface area contributed by atoms with Crippen molar-refractivity contribution in [2.45, 2.75) is 6.61 Å². The van der Waals surface area contributed by atoms with Gasteiger partial charge in [-0.05, 0) is 24.3 Å². The number of hydrogen-bond donors (Lipinski definition) is 2. The van der Waals surface area contributed by atoms with Crippen molar-refractivity contribution in [3.8, 4) is 0 Å². The first-order chi connectivity index (χ1) is 9.97. The Labute approximate surface area is 130 Å². The molecule has 0 aliphatic rings. The Balaban J connectivity index is 2.13. The van der Waals surface area contributed by atoms with Crippen molar-refractivity contribution in [1.82, 2.24) is 0 Å². The summed E-state index contributed by atoms with van der Waals surface area (Å²) in [5.74, 6) is -1.09. The Kier molecular flexibility index (Phi) is 4.59. The first kappa shape index (κ1) is 15.1. The second kappa shape index (κ2) is 6.41. The molecule has 0 aliphatic heterocycles. The molecule has 2 aromatic rings. The summed E-state index contributed by atoms with van der Waals surface area (Å²) in [6.45, 7) is -0.0373. The van der Waals surface area contributed by atoms with E-state index >= 15 is 0 Å². The normalized spacial score (nSPS) is 10.1. The van der Waals surface area contributed by atoms with Gasteiger partial charge in [0.05, 0.1) is 5.56 Å². The summed E-state index contributed by atoms with van der Waals surface area (Å²) in [4.78, 5) is 23.3. The van der Waals surface area contributed by atoms with Gasteiger partial charge in [0.1, 0.15) is 6.61 Å². The molecule has 2 rings (SSSR count). The lowest BCUT2D eigenvalue weighted by molar-refractivity contribution is 0.0470. The fourth-order valence-corrected chi connectivity index (χ4v) is 2.35. The average Bonchev–Trinajstić information content (AvgIpc) is 2.43. The number of rotatable bonds is 4. The lowest BCUT2D eigenvalue weighted by atomic mass is 10.1. The van der Waals surface area contributed by atoms with Gasteiger partial charge in [0, 0.05) is 21.3 Å². The van der Waals surface area contributed by atoms with E-state index in [9.17, 15) is 9.59 Å². The smallest absolute Gasteiger partial charge is 0.338 e. The van der Waals surface area contributed by atoms with Crippen LogP contribution < -0.4 is 11.5 Å². The van der Waals surface area contributed by atoms with Crippen molar-refractivity contribution in [2.75, 3.05) is 5.73 Å². The highest BCUT2D eigenvalue weighted by molar-refractivity contribution is 9.10. The molecule has 5 nitrogen and oxygen atoms in total. The minimum absolute atomic E-state index is 0.0373. The van der Waals surface area contributed by atoms with E-state index in [0.29, 0.717) is 26.9 Å². The fraction of sp³-hybridized carbons (Fsp3) is 0.0667. The molecule has 108 valence electrons. The minimum atomic E-state index is -0.562. The molecule has 6 heteroatoms. The van der Waals surface area contributed by atoms with Gasteiger partial charge in [-0.1, -0.05) is 34.1 Å². The van der Waals surface area contributed by atoms with Crippen LogP contribution in [0.25, 0.3) is 0 Å². The van der Waals surface area contributed by atoms with Gasteiger partial charge in [-0.25, -0.2) is 4.79 Å². The zero-order valence-corrected chi connectivity index (χ0v) is 12.6. The van der Waals surface area contributed by atoms with Gasteiger partial charge in [0.2, 0.25) is 5.91 Å². The molecular formula is C15H13BrN2O3. The van der Waals surface area contributed by atoms with Crippen LogP contribution in [-0.2, 0) is 11.3 Å². The maximum Gasteiger partial charge on any atom is 0.338 e. The average molecular weight is 349 g/mol. The summed E-state index contributed by atoms with van der Waals surface area (Å²) in [5.41, 5.74) is 12.6. The maximum atomic E-state index is 12.0. The summed E-state index contributed by atoms with van der Waals surface area (Å²) in [6.07, 6.45) is 0. The van der Waals surface area contributed by atoms with Crippen molar-refractivity contribution in [3.63, 3.8) is 0 Å². The summed E-state index contributed by atoms with van der Waals surface area (Å²) in [7, 11) is 0. The van der Waals surface area contributed by atoms with Crippen LogP contribution in [0.5, 0.6) is 0 Å². The van der Waals surface area contributed by atoms with E-state index in [-0.39, 0.29) is 6.61 Å². The Bertz CT molecular complexity index is 681. The second-order valence-electron chi connectivity index (χ2n) is 4.37. The first-order valence-electron chi connectivity index (χ1n) is 6.08. The number of carbonyl (C=O) groups is 2. The summed E-state index contributed by atoms with van der Waals surface area (Å²) < 4.78 is 5.88. The molecule has 0 aromatic heterocycles. The number of anilines is 1. The number of nitrogens with two attached hydrogens (primary N) is 2. The number of esters is 1. The fourth-order valence-electron chi connectivity index (χ4n) is 1.84. The molecule has 1 amide bonds. The SMILES string of the molecule is NC(=O)c1ccccc1COC(=O)c1cc(N)cc(Br)c1. The van der Waals surface area contributed by atoms with E-state index < -0.39 is 11.9 Å². The monoisotopic (exact) mass is 348 g/mol. The van der Waals surface area contributed by atoms with Crippen molar-refractivity contribution < 1.29 is 14.3 Å². The molecule has 0 saturated heterocycles. The third-order valence-corrected chi connectivity index (χ3v) is 3.26. The molecule has 0 unspecified atom stereocenters. The summed E-state index contributed by atoms with van der Waals surface area (Å²) >= 11 is 3.26. The predicted molar refractivity (Wildman–Crippen MR) is 82.6 cm³/mol. The van der Waals surface area contributed by atoms with Crippen LogP contribution in [0, 0.1) is 0 Å². The van der Waals surface area contributed by atoms with E-state index in [4.69, 9.17) is 16.2 Å². The number of ether oxygens (including phenoxy) is 1. The van der Waals surface area contributed by atoms with Crippen LogP contribution in [0.1, 0.15) is 26.3 Å². The maximum absolute atomic E-state index is 12.0. The van der Waals surface area contributed by atoms with Crippen LogP contribution in [0.2, 0.25) is 0 Å². The Morgan fingerprint density at radius 3 is 2.52 bits per heavy atom. The van der Waals surface area contributed by atoms with Crippen LogP contribution >= 0.6 is 15.9 Å². The molecule has 2 aromatic carbocycles. The van der Waals surface area contributed by atoms with Gasteiger partial charge in [0.25, 0.3) is 0 Å². The zero-order chi connectivity index (χ0) is 15.4. The van der Waals surface area contributed by atoms with Gasteiger partial charge in [0.15, 0.2) is 0 Å². The number of amides is 1. The van der Waals surface area contributed by atoms with E-state index in [0.717, 1.165) is 0 Å². The van der Waals surface area contributed by atoms with Crippen LogP contribution in [0.3, 0.4) is 0 Å². The lowest BCUT2D eigenvalue weighted by Crippen LogP contribution is -2.15. The molecule has 0 fully saturated rings. The Morgan fingerprint density at radius 1 is 1.14 bits per heavy atom. The third kappa shape index (κ3) is 3.82. The molecule has 0 saturated carbocycles. The van der Waals surface area contributed by atoms with E-state index in [1.807, 2.05) is 0 Å². The number of hydrogen-bond acceptors (Lipinski definition) is 4. The van der Waals surface area contributed by atoms with Crippen molar-refractivity contribution in [3.05, 3.63) is 63.6 Å². The van der Waals surface area contributed by atoms with Gasteiger partial charge >= 0.3 is 5.97 Å². The van der Waals surface area contributed by atoms with E-state index in [1.165, 1.54) is 6.07 Å². The highest BCUT2D eigenvalue weighted by atomic mass is 79.9. The molecule has 21 heavy (non-hydrogen) atoms. The number of primary amides is 1. The molecule has 0 heterocycles. The van der Waals surface area contributed by atoms with Crippen molar-refractivity contribution in [1.29, 1.82) is 0 Å². The highest BCUT2D eigenvalue weighted by Crippen LogP contribution is 2.19. The van der Waals surface area contributed by atoms with Crippen LogP contribution in [0.4, 0.5) is 5.69 Å². The predicted octanol–water partition coefficient (Wildman–Crippen LogP) is 2.49. The summed E-state index contributed by atoms with van der Waals surface area (Å²) in [6, 6.07) is 11.5. The van der Waals surface area contributed by atoms with E-state index in [2.05, 4.69) is 15.9 Å². The largest absolute Gasteiger partial charge is 0.457 e. The number of benzene rings is 2. The quantitative estimate of drug-likeness (QED) is 0.655. The van der Waals surface area contributed by atoms with Gasteiger partial charge in [-0.3, -0.25) is 4.79 Å².